The number of amides is 1. The van der Waals surface area contributed by atoms with E-state index in [0.29, 0.717) is 5.56 Å². The van der Waals surface area contributed by atoms with Crippen LogP contribution in [0.25, 0.3) is 10.8 Å². The summed E-state index contributed by atoms with van der Waals surface area (Å²) in [6.45, 7) is 0. The van der Waals surface area contributed by atoms with Crippen LogP contribution in [-0.2, 0) is 7.05 Å². The van der Waals surface area contributed by atoms with E-state index < -0.39 is 0 Å². The zero-order chi connectivity index (χ0) is 14.7. The Morgan fingerprint density at radius 1 is 1.14 bits per heavy atom. The molecular weight excluding hydrogens is 262 g/mol. The number of hydrogen-bond acceptors (Lipinski definition) is 2. The average molecular weight is 277 g/mol. The molecule has 0 aliphatic heterocycles. The zero-order valence-corrected chi connectivity index (χ0v) is 11.7. The van der Waals surface area contributed by atoms with Gasteiger partial charge in [0.2, 0.25) is 0 Å². The molecule has 4 nitrogen and oxygen atoms in total. The highest BCUT2D eigenvalue weighted by atomic mass is 16.2. The predicted octanol–water partition coefficient (Wildman–Crippen LogP) is 2.94. The minimum Gasteiger partial charge on any atom is -0.357 e. The van der Waals surface area contributed by atoms with Crippen LogP contribution in [0.1, 0.15) is 15.9 Å². The predicted molar refractivity (Wildman–Crippen MR) is 84.4 cm³/mol. The number of carbonyl (C=O) groups excluding carboxylic acids is 1. The molecule has 4 heteroatoms. The van der Waals surface area contributed by atoms with Crippen LogP contribution in [0.15, 0.2) is 66.0 Å². The van der Waals surface area contributed by atoms with E-state index in [9.17, 15) is 4.79 Å². The van der Waals surface area contributed by atoms with Gasteiger partial charge in [-0.15, -0.1) is 0 Å². The molecule has 1 aromatic heterocycles. The van der Waals surface area contributed by atoms with Crippen molar-refractivity contribution in [2.45, 2.75) is 0 Å². The van der Waals surface area contributed by atoms with Gasteiger partial charge in [0.1, 0.15) is 0 Å². The molecule has 0 fully saturated rings. The van der Waals surface area contributed by atoms with Gasteiger partial charge in [0.15, 0.2) is 0 Å². The second-order valence-corrected chi connectivity index (χ2v) is 4.84. The lowest BCUT2D eigenvalue weighted by molar-refractivity contribution is 0.0957. The van der Waals surface area contributed by atoms with Crippen molar-refractivity contribution < 1.29 is 4.79 Å². The summed E-state index contributed by atoms with van der Waals surface area (Å²) in [7, 11) is 1.94. The summed E-state index contributed by atoms with van der Waals surface area (Å²) in [5.74, 6) is -0.209. The number of fused-ring (bicyclic) bond motifs is 1. The molecule has 2 aromatic carbocycles. The average Bonchev–Trinajstić information content (AvgIpc) is 2.92. The maximum Gasteiger partial charge on any atom is 0.271 e. The van der Waals surface area contributed by atoms with E-state index in [1.54, 1.807) is 12.3 Å². The van der Waals surface area contributed by atoms with E-state index in [1.807, 2.05) is 66.5 Å². The third kappa shape index (κ3) is 2.84. The van der Waals surface area contributed by atoms with Crippen molar-refractivity contribution in [2.75, 3.05) is 0 Å². The first kappa shape index (κ1) is 13.1. The number of aryl methyl sites for hydroxylation is 1. The fourth-order valence-electron chi connectivity index (χ4n) is 2.25. The number of hydrogen-bond donors (Lipinski definition) is 1. The smallest absolute Gasteiger partial charge is 0.271 e. The third-order valence-corrected chi connectivity index (χ3v) is 3.27. The number of nitrogens with zero attached hydrogens (tertiary/aromatic N) is 2. The Bertz CT molecular complexity index is 812. The molecule has 0 spiro atoms. The summed E-state index contributed by atoms with van der Waals surface area (Å²) >= 11 is 0. The van der Waals surface area contributed by atoms with Crippen LogP contribution < -0.4 is 5.43 Å². The minimum absolute atomic E-state index is 0.209. The molecule has 0 saturated carbocycles. The van der Waals surface area contributed by atoms with Crippen LogP contribution in [0.5, 0.6) is 0 Å². The lowest BCUT2D eigenvalue weighted by Gasteiger charge is -2.04. The largest absolute Gasteiger partial charge is 0.357 e. The first-order valence-electron chi connectivity index (χ1n) is 6.67. The van der Waals surface area contributed by atoms with Crippen molar-refractivity contribution in [3.8, 4) is 0 Å². The van der Waals surface area contributed by atoms with E-state index in [0.717, 1.165) is 16.3 Å². The summed E-state index contributed by atoms with van der Waals surface area (Å²) in [6.07, 6.45) is 5.48. The topological polar surface area (TPSA) is 46.4 Å². The Hall–Kier alpha value is -2.88. The van der Waals surface area contributed by atoms with Gasteiger partial charge in [-0.2, -0.15) is 5.10 Å². The highest BCUT2D eigenvalue weighted by Gasteiger charge is 2.08. The minimum atomic E-state index is -0.209. The van der Waals surface area contributed by atoms with E-state index in [4.69, 9.17) is 0 Å². The van der Waals surface area contributed by atoms with Crippen LogP contribution in [0.4, 0.5) is 0 Å². The van der Waals surface area contributed by atoms with Crippen molar-refractivity contribution in [3.63, 3.8) is 0 Å². The number of carbonyl (C=O) groups is 1. The normalized spacial score (nSPS) is 11.1. The van der Waals surface area contributed by atoms with Gasteiger partial charge in [-0.05, 0) is 22.9 Å². The van der Waals surface area contributed by atoms with Crippen molar-refractivity contribution in [2.24, 2.45) is 12.1 Å². The van der Waals surface area contributed by atoms with E-state index in [1.165, 1.54) is 0 Å². The number of rotatable bonds is 3. The monoisotopic (exact) mass is 277 g/mol. The van der Waals surface area contributed by atoms with Crippen molar-refractivity contribution in [1.82, 2.24) is 9.99 Å². The Balaban J connectivity index is 1.80. The Morgan fingerprint density at radius 2 is 1.95 bits per heavy atom. The molecule has 0 unspecified atom stereocenters. The molecule has 0 aliphatic rings. The van der Waals surface area contributed by atoms with E-state index >= 15 is 0 Å². The molecule has 21 heavy (non-hydrogen) atoms. The van der Waals surface area contributed by atoms with Gasteiger partial charge in [0.25, 0.3) is 5.91 Å². The molecule has 0 atom stereocenters. The second kappa shape index (κ2) is 5.63. The standard InChI is InChI=1S/C17H15N3O/c1-20-10-9-13(12-20)11-18-19-17(21)16-8-4-6-14-5-2-3-7-15(14)16/h2-12H,1H3,(H,19,21)/b18-11-. The van der Waals surface area contributed by atoms with Gasteiger partial charge in [0, 0.05) is 30.6 Å². The summed E-state index contributed by atoms with van der Waals surface area (Å²) < 4.78 is 1.92. The fourth-order valence-corrected chi connectivity index (χ4v) is 2.25. The fraction of sp³-hybridized carbons (Fsp3) is 0.0588. The van der Waals surface area contributed by atoms with Gasteiger partial charge in [0.05, 0.1) is 6.21 Å². The molecule has 0 bridgehead atoms. The Morgan fingerprint density at radius 3 is 2.76 bits per heavy atom. The van der Waals surface area contributed by atoms with Crippen molar-refractivity contribution in [3.05, 3.63) is 72.1 Å². The van der Waals surface area contributed by atoms with Gasteiger partial charge in [-0.1, -0.05) is 36.4 Å². The van der Waals surface area contributed by atoms with Gasteiger partial charge < -0.3 is 4.57 Å². The lowest BCUT2D eigenvalue weighted by Crippen LogP contribution is -2.17. The quantitative estimate of drug-likeness (QED) is 0.580. The van der Waals surface area contributed by atoms with Gasteiger partial charge >= 0.3 is 0 Å². The summed E-state index contributed by atoms with van der Waals surface area (Å²) in [5, 5.41) is 5.96. The maximum absolute atomic E-state index is 12.2. The summed E-state index contributed by atoms with van der Waals surface area (Å²) in [5.41, 5.74) is 4.13. The molecule has 0 saturated heterocycles. The van der Waals surface area contributed by atoms with E-state index in [2.05, 4.69) is 10.5 Å². The molecular formula is C17H15N3O. The molecule has 1 N–H and O–H groups in total. The van der Waals surface area contributed by atoms with Crippen LogP contribution in [0.2, 0.25) is 0 Å². The number of aromatic nitrogens is 1. The molecule has 3 rings (SSSR count). The molecule has 3 aromatic rings. The van der Waals surface area contributed by atoms with Crippen LogP contribution in [-0.4, -0.2) is 16.7 Å². The van der Waals surface area contributed by atoms with Gasteiger partial charge in [-0.25, -0.2) is 5.43 Å². The molecule has 0 radical (unpaired) electrons. The maximum atomic E-state index is 12.2. The summed E-state index contributed by atoms with van der Waals surface area (Å²) in [4.78, 5) is 12.2. The SMILES string of the molecule is Cn1ccc(/C=N\NC(=O)c2cccc3ccccc23)c1. The molecule has 1 amide bonds. The second-order valence-electron chi connectivity index (χ2n) is 4.84. The number of hydrazone groups is 1. The first-order valence-corrected chi connectivity index (χ1v) is 6.67. The van der Waals surface area contributed by atoms with Crippen LogP contribution in [0.3, 0.4) is 0 Å². The molecule has 1 heterocycles. The number of nitrogens with one attached hydrogen (secondary N) is 1. The Kier molecular flexibility index (Phi) is 3.51. The Labute approximate surface area is 122 Å². The highest BCUT2D eigenvalue weighted by molar-refractivity contribution is 6.07. The lowest BCUT2D eigenvalue weighted by atomic mass is 10.0. The van der Waals surface area contributed by atoms with Crippen molar-refractivity contribution >= 4 is 22.9 Å². The highest BCUT2D eigenvalue weighted by Crippen LogP contribution is 2.18. The van der Waals surface area contributed by atoms with E-state index in [-0.39, 0.29) is 5.91 Å². The van der Waals surface area contributed by atoms with Crippen LogP contribution >= 0.6 is 0 Å². The van der Waals surface area contributed by atoms with Gasteiger partial charge in [-0.3, -0.25) is 4.79 Å². The van der Waals surface area contributed by atoms with Crippen LogP contribution in [0, 0.1) is 0 Å². The summed E-state index contributed by atoms with van der Waals surface area (Å²) in [6, 6.07) is 15.4. The van der Waals surface area contributed by atoms with Crippen molar-refractivity contribution in [1.29, 1.82) is 0 Å². The number of benzene rings is 2. The third-order valence-electron chi connectivity index (χ3n) is 3.27. The molecule has 0 aliphatic carbocycles. The molecule has 104 valence electrons. The first-order chi connectivity index (χ1) is 10.2. The zero-order valence-electron chi connectivity index (χ0n) is 11.7.